The molecule has 0 radical (unpaired) electrons. The molecular formula is C13H17N3O. The van der Waals surface area contributed by atoms with Crippen molar-refractivity contribution < 1.29 is 5.11 Å². The van der Waals surface area contributed by atoms with Crippen LogP contribution in [0.5, 0.6) is 5.75 Å². The minimum atomic E-state index is 0.298. The van der Waals surface area contributed by atoms with Gasteiger partial charge in [0.25, 0.3) is 0 Å². The molecule has 0 aliphatic rings. The molecule has 4 nitrogen and oxygen atoms in total. The molecule has 1 aromatic heterocycles. The van der Waals surface area contributed by atoms with Crippen LogP contribution in [0.3, 0.4) is 0 Å². The van der Waals surface area contributed by atoms with Crippen LogP contribution in [-0.2, 0) is 13.1 Å². The number of nitrogens with zero attached hydrogens (tertiary/aromatic N) is 2. The largest absolute Gasteiger partial charge is 0.508 e. The van der Waals surface area contributed by atoms with Crippen molar-refractivity contribution in [3.63, 3.8) is 0 Å². The number of hydrogen-bond donors (Lipinski definition) is 2. The molecule has 2 aromatic rings. The van der Waals surface area contributed by atoms with E-state index in [0.29, 0.717) is 5.75 Å². The normalized spacial score (nSPS) is 10.7. The molecule has 0 aliphatic heterocycles. The van der Waals surface area contributed by atoms with E-state index in [1.807, 2.05) is 32.3 Å². The highest BCUT2D eigenvalue weighted by Crippen LogP contribution is 2.13. The molecule has 0 fully saturated rings. The maximum Gasteiger partial charge on any atom is 0.115 e. The fourth-order valence-corrected chi connectivity index (χ4v) is 1.84. The molecule has 0 atom stereocenters. The first-order valence-corrected chi connectivity index (χ1v) is 5.64. The Hall–Kier alpha value is -1.81. The molecule has 0 spiro atoms. The van der Waals surface area contributed by atoms with Crippen LogP contribution in [0.4, 0.5) is 0 Å². The van der Waals surface area contributed by atoms with E-state index in [1.54, 1.807) is 12.1 Å². The van der Waals surface area contributed by atoms with Gasteiger partial charge in [0.1, 0.15) is 11.6 Å². The Bertz CT molecular complexity index is 488. The molecular weight excluding hydrogens is 214 g/mol. The lowest BCUT2D eigenvalue weighted by molar-refractivity contribution is 0.475. The van der Waals surface area contributed by atoms with Crippen molar-refractivity contribution in [3.8, 4) is 5.75 Å². The summed E-state index contributed by atoms with van der Waals surface area (Å²) < 4.78 is 2.17. The van der Waals surface area contributed by atoms with E-state index in [0.717, 1.165) is 30.2 Å². The number of rotatable bonds is 4. The molecule has 17 heavy (non-hydrogen) atoms. The minimum absolute atomic E-state index is 0.298. The monoisotopic (exact) mass is 231 g/mol. The zero-order valence-corrected chi connectivity index (χ0v) is 10.1. The summed E-state index contributed by atoms with van der Waals surface area (Å²) in [5.41, 5.74) is 2.32. The van der Waals surface area contributed by atoms with Gasteiger partial charge in [-0.2, -0.15) is 0 Å². The summed E-state index contributed by atoms with van der Waals surface area (Å²) in [6.45, 7) is 3.58. The van der Waals surface area contributed by atoms with Gasteiger partial charge >= 0.3 is 0 Å². The molecule has 0 amide bonds. The Kier molecular flexibility index (Phi) is 3.44. The topological polar surface area (TPSA) is 50.1 Å². The number of nitrogens with one attached hydrogen (secondary N) is 1. The zero-order valence-electron chi connectivity index (χ0n) is 10.1. The number of hydrogen-bond acceptors (Lipinski definition) is 3. The molecule has 2 rings (SSSR count). The second-order valence-electron chi connectivity index (χ2n) is 4.08. The number of phenolic OH excluding ortho intramolecular Hbond substituents is 1. The lowest BCUT2D eigenvalue weighted by atomic mass is 10.2. The van der Waals surface area contributed by atoms with Gasteiger partial charge < -0.3 is 15.0 Å². The summed E-state index contributed by atoms with van der Waals surface area (Å²) in [4.78, 5) is 4.32. The molecule has 0 unspecified atom stereocenters. The molecule has 0 aliphatic carbocycles. The lowest BCUT2D eigenvalue weighted by Gasteiger charge is -2.10. The van der Waals surface area contributed by atoms with Crippen molar-refractivity contribution in [2.75, 3.05) is 7.05 Å². The minimum Gasteiger partial charge on any atom is -0.508 e. The highest BCUT2D eigenvalue weighted by Gasteiger charge is 2.06. The van der Waals surface area contributed by atoms with Gasteiger partial charge in [0.2, 0.25) is 0 Å². The molecule has 1 heterocycles. The van der Waals surface area contributed by atoms with E-state index in [-0.39, 0.29) is 0 Å². The Morgan fingerprint density at radius 1 is 1.29 bits per heavy atom. The standard InChI is InChI=1S/C13H17N3O/c1-10-15-8-12(7-14-2)16(10)9-11-3-5-13(17)6-4-11/h3-6,8,14,17H,7,9H2,1-2H3. The van der Waals surface area contributed by atoms with Crippen molar-refractivity contribution in [3.05, 3.63) is 47.5 Å². The van der Waals surface area contributed by atoms with Gasteiger partial charge in [-0.15, -0.1) is 0 Å². The van der Waals surface area contributed by atoms with Crippen molar-refractivity contribution in [2.24, 2.45) is 0 Å². The Labute approximate surface area is 101 Å². The van der Waals surface area contributed by atoms with Crippen LogP contribution >= 0.6 is 0 Å². The summed E-state index contributed by atoms with van der Waals surface area (Å²) in [6, 6.07) is 7.27. The third-order valence-corrected chi connectivity index (χ3v) is 2.77. The quantitative estimate of drug-likeness (QED) is 0.841. The first-order valence-electron chi connectivity index (χ1n) is 5.64. The van der Waals surface area contributed by atoms with Crippen LogP contribution in [0.25, 0.3) is 0 Å². The van der Waals surface area contributed by atoms with E-state index in [9.17, 15) is 5.11 Å². The summed E-state index contributed by atoms with van der Waals surface area (Å²) in [5.74, 6) is 1.30. The van der Waals surface area contributed by atoms with Crippen molar-refractivity contribution >= 4 is 0 Å². The zero-order chi connectivity index (χ0) is 12.3. The van der Waals surface area contributed by atoms with Crippen LogP contribution in [-0.4, -0.2) is 21.7 Å². The van der Waals surface area contributed by atoms with Crippen LogP contribution < -0.4 is 5.32 Å². The summed E-state index contributed by atoms with van der Waals surface area (Å²) in [6.07, 6.45) is 1.90. The number of aromatic nitrogens is 2. The van der Waals surface area contributed by atoms with E-state index >= 15 is 0 Å². The number of benzene rings is 1. The first-order chi connectivity index (χ1) is 8.20. The summed E-state index contributed by atoms with van der Waals surface area (Å²) in [5, 5.41) is 12.4. The number of phenols is 1. The Morgan fingerprint density at radius 3 is 2.65 bits per heavy atom. The molecule has 4 heteroatoms. The molecule has 0 saturated carbocycles. The fraction of sp³-hybridized carbons (Fsp3) is 0.308. The predicted octanol–water partition coefficient (Wildman–Crippen LogP) is 1.66. The lowest BCUT2D eigenvalue weighted by Crippen LogP contribution is -2.12. The average Bonchev–Trinajstić information content (AvgIpc) is 2.65. The number of imidazole rings is 1. The smallest absolute Gasteiger partial charge is 0.115 e. The van der Waals surface area contributed by atoms with Gasteiger partial charge in [0, 0.05) is 19.3 Å². The maximum absolute atomic E-state index is 9.25. The highest BCUT2D eigenvalue weighted by atomic mass is 16.3. The van der Waals surface area contributed by atoms with Gasteiger partial charge in [0.15, 0.2) is 0 Å². The first kappa shape index (κ1) is 11.7. The van der Waals surface area contributed by atoms with E-state index < -0.39 is 0 Å². The third-order valence-electron chi connectivity index (χ3n) is 2.77. The Morgan fingerprint density at radius 2 is 2.00 bits per heavy atom. The van der Waals surface area contributed by atoms with Crippen LogP contribution in [0.1, 0.15) is 17.1 Å². The molecule has 90 valence electrons. The Balaban J connectivity index is 2.22. The van der Waals surface area contributed by atoms with Gasteiger partial charge in [0.05, 0.1) is 5.69 Å². The molecule has 2 N–H and O–H groups in total. The third kappa shape index (κ3) is 2.65. The summed E-state index contributed by atoms with van der Waals surface area (Å²) in [7, 11) is 1.92. The second kappa shape index (κ2) is 5.01. The molecule has 0 bridgehead atoms. The maximum atomic E-state index is 9.25. The van der Waals surface area contributed by atoms with Crippen molar-refractivity contribution in [1.82, 2.24) is 14.9 Å². The van der Waals surface area contributed by atoms with E-state index in [4.69, 9.17) is 0 Å². The molecule has 1 aromatic carbocycles. The van der Waals surface area contributed by atoms with Gasteiger partial charge in [-0.25, -0.2) is 4.98 Å². The number of aryl methyl sites for hydroxylation is 1. The van der Waals surface area contributed by atoms with E-state index in [1.165, 1.54) is 0 Å². The van der Waals surface area contributed by atoms with Gasteiger partial charge in [-0.1, -0.05) is 12.1 Å². The second-order valence-corrected chi connectivity index (χ2v) is 4.08. The molecule has 0 saturated heterocycles. The fourth-order valence-electron chi connectivity index (χ4n) is 1.84. The van der Waals surface area contributed by atoms with Gasteiger partial charge in [-0.3, -0.25) is 0 Å². The summed E-state index contributed by atoms with van der Waals surface area (Å²) >= 11 is 0. The average molecular weight is 231 g/mol. The van der Waals surface area contributed by atoms with Crippen LogP contribution in [0, 0.1) is 6.92 Å². The van der Waals surface area contributed by atoms with E-state index in [2.05, 4.69) is 14.9 Å². The van der Waals surface area contributed by atoms with Crippen molar-refractivity contribution in [2.45, 2.75) is 20.0 Å². The SMILES string of the molecule is CNCc1cnc(C)n1Cc1ccc(O)cc1. The van der Waals surface area contributed by atoms with Crippen LogP contribution in [0.15, 0.2) is 30.5 Å². The van der Waals surface area contributed by atoms with Crippen LogP contribution in [0.2, 0.25) is 0 Å². The highest BCUT2D eigenvalue weighted by molar-refractivity contribution is 5.26. The predicted molar refractivity (Wildman–Crippen MR) is 66.9 cm³/mol. The van der Waals surface area contributed by atoms with Crippen molar-refractivity contribution in [1.29, 1.82) is 0 Å². The van der Waals surface area contributed by atoms with Gasteiger partial charge in [-0.05, 0) is 31.7 Å². The number of aromatic hydroxyl groups is 1.